The summed E-state index contributed by atoms with van der Waals surface area (Å²) in [6.45, 7) is 6.64. The lowest BCUT2D eigenvalue weighted by Crippen LogP contribution is -2.43. The molecule has 6 atom stereocenters. The molecule has 45 heavy (non-hydrogen) atoms. The fraction of sp³-hybridized carbons (Fsp3) is 0.333. The van der Waals surface area contributed by atoms with E-state index >= 15 is 0 Å². The van der Waals surface area contributed by atoms with Crippen molar-refractivity contribution in [1.82, 2.24) is 9.80 Å². The van der Waals surface area contributed by atoms with E-state index in [4.69, 9.17) is 49.7 Å². The molecule has 3 nitrogen and oxygen atoms in total. The number of benzene rings is 4. The van der Waals surface area contributed by atoms with Crippen molar-refractivity contribution < 1.29 is 4.74 Å². The minimum absolute atomic E-state index is 0.0409. The molecule has 0 amide bonds. The van der Waals surface area contributed by atoms with E-state index in [0.29, 0.717) is 13.2 Å². The highest BCUT2D eigenvalue weighted by Gasteiger charge is 2.37. The predicted molar refractivity (Wildman–Crippen MR) is 199 cm³/mol. The zero-order valence-electron chi connectivity index (χ0n) is 26.1. The minimum atomic E-state index is -1.44. The molecule has 4 rings (SSSR count). The number of hydrogen-bond acceptors (Lipinski definition) is 3. The average molecular weight is 723 g/mol. The standard InChI is InChI=1S/C36H42Cl4N2OP2/c1-27(31-17-9-5-10-18-31)41(28(2)32-19-11-6-12-20-32)35(44(37)38)25-43-26-36(45(39)40)42(29(3)33-21-13-7-14-22-33)30(4)34-23-15-8-16-24-34/h5-24,27-30,35-36H,25-26H2,1-4H3. The van der Waals surface area contributed by atoms with Crippen LogP contribution in [0.1, 0.15) is 74.1 Å². The zero-order chi connectivity index (χ0) is 32.3. The Morgan fingerprint density at radius 2 is 0.667 bits per heavy atom. The molecular weight excluding hydrogens is 680 g/mol. The Labute approximate surface area is 291 Å². The Kier molecular flexibility index (Phi) is 14.9. The Bertz CT molecular complexity index is 1190. The van der Waals surface area contributed by atoms with Crippen LogP contribution in [0, 0.1) is 0 Å². The van der Waals surface area contributed by atoms with E-state index in [1.54, 1.807) is 0 Å². The maximum absolute atomic E-state index is 6.85. The van der Waals surface area contributed by atoms with Crippen LogP contribution in [0.2, 0.25) is 0 Å². The van der Waals surface area contributed by atoms with Gasteiger partial charge in [0.15, 0.2) is 0 Å². The van der Waals surface area contributed by atoms with Crippen molar-refractivity contribution in [2.24, 2.45) is 0 Å². The van der Waals surface area contributed by atoms with Gasteiger partial charge >= 0.3 is 0 Å². The molecule has 0 aliphatic carbocycles. The predicted octanol–water partition coefficient (Wildman–Crippen LogP) is 12.9. The van der Waals surface area contributed by atoms with Gasteiger partial charge in [0.05, 0.1) is 24.8 Å². The van der Waals surface area contributed by atoms with Gasteiger partial charge in [-0.3, -0.25) is 9.80 Å². The van der Waals surface area contributed by atoms with E-state index in [0.717, 1.165) is 0 Å². The highest BCUT2D eigenvalue weighted by Crippen LogP contribution is 2.58. The van der Waals surface area contributed by atoms with Crippen LogP contribution >= 0.6 is 58.2 Å². The summed E-state index contributed by atoms with van der Waals surface area (Å²) >= 11 is 27.4. The van der Waals surface area contributed by atoms with Crippen molar-refractivity contribution in [2.75, 3.05) is 13.2 Å². The van der Waals surface area contributed by atoms with Crippen LogP contribution in [0.5, 0.6) is 0 Å². The lowest BCUT2D eigenvalue weighted by atomic mass is 10.0. The average Bonchev–Trinajstić information content (AvgIpc) is 3.08. The second-order valence-electron chi connectivity index (χ2n) is 11.3. The topological polar surface area (TPSA) is 15.7 Å². The third-order valence-corrected chi connectivity index (χ3v) is 13.0. The molecule has 0 aliphatic rings. The molecule has 0 saturated carbocycles. The number of ether oxygens (including phenoxy) is 1. The molecule has 9 heteroatoms. The quantitative estimate of drug-likeness (QED) is 0.107. The van der Waals surface area contributed by atoms with Gasteiger partial charge in [0.25, 0.3) is 0 Å². The molecule has 4 aromatic rings. The molecule has 0 aromatic heterocycles. The van der Waals surface area contributed by atoms with Crippen LogP contribution in [0.3, 0.4) is 0 Å². The van der Waals surface area contributed by atoms with E-state index in [2.05, 4.69) is 135 Å². The Morgan fingerprint density at radius 3 is 0.867 bits per heavy atom. The fourth-order valence-electron chi connectivity index (χ4n) is 6.08. The first-order chi connectivity index (χ1) is 21.7. The van der Waals surface area contributed by atoms with Gasteiger partial charge < -0.3 is 4.74 Å². The number of hydrogen-bond donors (Lipinski definition) is 0. The summed E-state index contributed by atoms with van der Waals surface area (Å²) < 4.78 is 6.60. The van der Waals surface area contributed by atoms with Crippen LogP contribution in [0.4, 0.5) is 0 Å². The third-order valence-electron chi connectivity index (χ3n) is 8.59. The van der Waals surface area contributed by atoms with Crippen LogP contribution in [0.15, 0.2) is 121 Å². The number of nitrogens with zero attached hydrogens (tertiary/aromatic N) is 2. The van der Waals surface area contributed by atoms with Crippen LogP contribution in [-0.4, -0.2) is 34.6 Å². The normalized spacial score (nSPS) is 16.1. The summed E-state index contributed by atoms with van der Waals surface area (Å²) in [5.41, 5.74) is 4.77. The van der Waals surface area contributed by atoms with Gasteiger partial charge in [0.1, 0.15) is 13.3 Å². The molecule has 0 spiro atoms. The summed E-state index contributed by atoms with van der Waals surface area (Å²) in [5, 5.41) is 0. The van der Waals surface area contributed by atoms with Crippen molar-refractivity contribution in [2.45, 2.75) is 63.4 Å². The summed E-state index contributed by atoms with van der Waals surface area (Å²) in [7, 11) is 0. The minimum Gasteiger partial charge on any atom is -0.377 e. The molecule has 6 unspecified atom stereocenters. The van der Waals surface area contributed by atoms with Crippen LogP contribution in [-0.2, 0) is 4.74 Å². The molecule has 0 aliphatic heterocycles. The first kappa shape index (κ1) is 36.6. The molecule has 0 saturated heterocycles. The molecule has 0 heterocycles. The number of rotatable bonds is 16. The Morgan fingerprint density at radius 1 is 0.444 bits per heavy atom. The summed E-state index contributed by atoms with van der Waals surface area (Å²) in [6.07, 6.45) is 0. The second kappa shape index (κ2) is 18.4. The fourth-order valence-corrected chi connectivity index (χ4v) is 9.61. The Balaban J connectivity index is 1.62. The van der Waals surface area contributed by atoms with E-state index < -0.39 is 13.3 Å². The SMILES string of the molecule is CC(c1ccccc1)N(C(C)c1ccccc1)C(COCC(N(C(C)c1ccccc1)C(C)c1ccccc1)P(Cl)Cl)P(Cl)Cl. The molecular formula is C36H42Cl4N2OP2. The van der Waals surface area contributed by atoms with E-state index in [9.17, 15) is 0 Å². The molecule has 0 fully saturated rings. The van der Waals surface area contributed by atoms with Gasteiger partial charge in [-0.1, -0.05) is 166 Å². The smallest absolute Gasteiger partial charge is 0.105 e. The summed E-state index contributed by atoms with van der Waals surface area (Å²) in [4.78, 5) is 4.79. The van der Waals surface area contributed by atoms with Crippen LogP contribution < -0.4 is 0 Å². The van der Waals surface area contributed by atoms with Gasteiger partial charge in [0.2, 0.25) is 0 Å². The highest BCUT2D eigenvalue weighted by atomic mass is 35.9. The van der Waals surface area contributed by atoms with Crippen LogP contribution in [0.25, 0.3) is 0 Å². The van der Waals surface area contributed by atoms with Crippen molar-refractivity contribution in [1.29, 1.82) is 0 Å². The molecule has 240 valence electrons. The van der Waals surface area contributed by atoms with Crippen molar-refractivity contribution in [3.63, 3.8) is 0 Å². The van der Waals surface area contributed by atoms with Gasteiger partial charge in [-0.05, 0) is 49.9 Å². The van der Waals surface area contributed by atoms with Gasteiger partial charge in [-0.25, -0.2) is 0 Å². The monoisotopic (exact) mass is 720 g/mol. The van der Waals surface area contributed by atoms with Gasteiger partial charge in [-0.2, -0.15) is 0 Å². The Hall–Kier alpha value is -1.22. The van der Waals surface area contributed by atoms with Gasteiger partial charge in [-0.15, -0.1) is 0 Å². The van der Waals surface area contributed by atoms with E-state index in [1.807, 2.05) is 24.3 Å². The molecule has 0 N–H and O–H groups in total. The zero-order valence-corrected chi connectivity index (χ0v) is 30.9. The maximum atomic E-state index is 6.85. The van der Waals surface area contributed by atoms with Crippen molar-refractivity contribution in [3.8, 4) is 0 Å². The van der Waals surface area contributed by atoms with Crippen molar-refractivity contribution in [3.05, 3.63) is 144 Å². The highest BCUT2D eigenvalue weighted by molar-refractivity contribution is 8.04. The first-order valence-corrected chi connectivity index (χ1v) is 21.7. The number of halogens is 4. The first-order valence-electron chi connectivity index (χ1n) is 15.2. The lowest BCUT2D eigenvalue weighted by molar-refractivity contribution is 0.0228. The lowest BCUT2D eigenvalue weighted by Gasteiger charge is -2.43. The molecule has 4 aromatic carbocycles. The second-order valence-corrected chi connectivity index (χ2v) is 18.9. The maximum Gasteiger partial charge on any atom is 0.105 e. The summed E-state index contributed by atoms with van der Waals surface area (Å²) in [6, 6.07) is 42.0. The van der Waals surface area contributed by atoms with E-state index in [-0.39, 0.29) is 35.7 Å². The van der Waals surface area contributed by atoms with Crippen molar-refractivity contribution >= 4 is 58.2 Å². The third kappa shape index (κ3) is 9.90. The van der Waals surface area contributed by atoms with Gasteiger partial charge in [0, 0.05) is 24.2 Å². The van der Waals surface area contributed by atoms with E-state index in [1.165, 1.54) is 22.3 Å². The molecule has 0 bridgehead atoms. The summed E-state index contributed by atoms with van der Waals surface area (Å²) in [5.74, 6) is -0.476. The molecule has 0 radical (unpaired) electrons. The largest absolute Gasteiger partial charge is 0.377 e.